The largest absolute Gasteiger partial charge is 0.289 e. The number of ketones is 1. The third kappa shape index (κ3) is 2.59. The Kier molecular flexibility index (Phi) is 3.77. The summed E-state index contributed by atoms with van der Waals surface area (Å²) < 4.78 is 15.6. The first-order chi connectivity index (χ1) is 9.54. The molecule has 0 saturated carbocycles. The quantitative estimate of drug-likeness (QED) is 0.448. The van der Waals surface area contributed by atoms with Gasteiger partial charge in [0, 0.05) is 31.2 Å². The minimum absolute atomic E-state index is 0.0845. The molecule has 2 aromatic carbocycles. The number of Topliss-reactive ketones (excluding diaryl/α,β-unsaturated/α-hetero) is 1. The second kappa shape index (κ2) is 5.41. The Morgan fingerprint density at radius 1 is 1.20 bits per heavy atom. The number of hydrogen-bond donors (Lipinski definition) is 0. The molecule has 0 spiro atoms. The average Bonchev–Trinajstić information content (AvgIpc) is 2.71. The van der Waals surface area contributed by atoms with Gasteiger partial charge in [-0.05, 0) is 58.5 Å². The molecule has 0 radical (unpaired) electrons. The minimum atomic E-state index is -0.325. The SMILES string of the molecule is O=C1/C(=C/c2ccc(I)cc2)Cc2c(F)cc(Br)cc21. The van der Waals surface area contributed by atoms with Gasteiger partial charge in [-0.3, -0.25) is 4.79 Å². The summed E-state index contributed by atoms with van der Waals surface area (Å²) in [6.45, 7) is 0. The van der Waals surface area contributed by atoms with Crippen LogP contribution in [0.25, 0.3) is 6.08 Å². The topological polar surface area (TPSA) is 17.1 Å². The Labute approximate surface area is 138 Å². The van der Waals surface area contributed by atoms with Gasteiger partial charge in [-0.2, -0.15) is 0 Å². The summed E-state index contributed by atoms with van der Waals surface area (Å²) in [7, 11) is 0. The predicted molar refractivity (Wildman–Crippen MR) is 89.3 cm³/mol. The summed E-state index contributed by atoms with van der Waals surface area (Å²) in [5.41, 5.74) is 2.56. The first-order valence-corrected chi connectivity index (χ1v) is 7.90. The van der Waals surface area contributed by atoms with E-state index in [-0.39, 0.29) is 11.6 Å². The molecule has 0 N–H and O–H groups in total. The lowest BCUT2D eigenvalue weighted by Gasteiger charge is -1.99. The van der Waals surface area contributed by atoms with Gasteiger partial charge in [0.15, 0.2) is 5.78 Å². The second-order valence-electron chi connectivity index (χ2n) is 4.64. The molecule has 1 aliphatic rings. The van der Waals surface area contributed by atoms with Crippen molar-refractivity contribution in [3.63, 3.8) is 0 Å². The van der Waals surface area contributed by atoms with Crippen LogP contribution in [0.3, 0.4) is 0 Å². The summed E-state index contributed by atoms with van der Waals surface area (Å²) in [4.78, 5) is 12.3. The highest BCUT2D eigenvalue weighted by atomic mass is 127. The van der Waals surface area contributed by atoms with Crippen molar-refractivity contribution in [3.05, 3.63) is 72.5 Å². The highest BCUT2D eigenvalue weighted by Crippen LogP contribution is 2.32. The fourth-order valence-electron chi connectivity index (χ4n) is 2.31. The zero-order chi connectivity index (χ0) is 14.3. The highest BCUT2D eigenvalue weighted by Gasteiger charge is 2.27. The fourth-order valence-corrected chi connectivity index (χ4v) is 3.10. The Morgan fingerprint density at radius 3 is 2.60 bits per heavy atom. The van der Waals surface area contributed by atoms with Gasteiger partial charge in [-0.1, -0.05) is 28.1 Å². The zero-order valence-electron chi connectivity index (χ0n) is 10.3. The monoisotopic (exact) mass is 442 g/mol. The van der Waals surface area contributed by atoms with E-state index in [1.54, 1.807) is 6.07 Å². The molecule has 0 heterocycles. The lowest BCUT2D eigenvalue weighted by atomic mass is 10.1. The number of fused-ring (bicyclic) bond motifs is 1. The summed E-state index contributed by atoms with van der Waals surface area (Å²) in [6.07, 6.45) is 2.20. The van der Waals surface area contributed by atoms with Gasteiger partial charge in [0.1, 0.15) is 5.82 Å². The number of benzene rings is 2. The third-order valence-corrected chi connectivity index (χ3v) is 4.45. The summed E-state index contributed by atoms with van der Waals surface area (Å²) in [5, 5.41) is 0. The van der Waals surface area contributed by atoms with Gasteiger partial charge < -0.3 is 0 Å². The van der Waals surface area contributed by atoms with Crippen LogP contribution in [0.5, 0.6) is 0 Å². The maximum Gasteiger partial charge on any atom is 0.189 e. The van der Waals surface area contributed by atoms with Crippen LogP contribution >= 0.6 is 38.5 Å². The molecular weight excluding hydrogens is 434 g/mol. The van der Waals surface area contributed by atoms with Crippen molar-refractivity contribution < 1.29 is 9.18 Å². The summed E-state index contributed by atoms with van der Waals surface area (Å²) in [6, 6.07) is 11.0. The van der Waals surface area contributed by atoms with E-state index in [1.807, 2.05) is 30.3 Å². The molecule has 0 amide bonds. The molecule has 0 fully saturated rings. The molecule has 20 heavy (non-hydrogen) atoms. The average molecular weight is 443 g/mol. The van der Waals surface area contributed by atoms with E-state index >= 15 is 0 Å². The van der Waals surface area contributed by atoms with Crippen LogP contribution in [0, 0.1) is 9.39 Å². The number of halogens is 3. The van der Waals surface area contributed by atoms with Crippen LogP contribution < -0.4 is 0 Å². The van der Waals surface area contributed by atoms with Crippen molar-refractivity contribution in [1.82, 2.24) is 0 Å². The van der Waals surface area contributed by atoms with Crippen molar-refractivity contribution in [2.45, 2.75) is 6.42 Å². The molecule has 1 aliphatic carbocycles. The Morgan fingerprint density at radius 2 is 1.90 bits per heavy atom. The normalized spacial score (nSPS) is 15.8. The van der Waals surface area contributed by atoms with Crippen molar-refractivity contribution >= 4 is 50.4 Å². The van der Waals surface area contributed by atoms with E-state index in [0.29, 0.717) is 27.6 Å². The molecular formula is C16H9BrFIO. The van der Waals surface area contributed by atoms with E-state index in [9.17, 15) is 9.18 Å². The molecule has 4 heteroatoms. The lowest BCUT2D eigenvalue weighted by Crippen LogP contribution is -1.95. The van der Waals surface area contributed by atoms with Crippen molar-refractivity contribution in [2.75, 3.05) is 0 Å². The molecule has 0 saturated heterocycles. The number of allylic oxidation sites excluding steroid dienone is 1. The van der Waals surface area contributed by atoms with Crippen LogP contribution in [0.4, 0.5) is 4.39 Å². The summed E-state index contributed by atoms with van der Waals surface area (Å²) in [5.74, 6) is -0.410. The van der Waals surface area contributed by atoms with Crippen LogP contribution in [0.1, 0.15) is 21.5 Å². The van der Waals surface area contributed by atoms with Gasteiger partial charge in [-0.25, -0.2) is 4.39 Å². The smallest absolute Gasteiger partial charge is 0.189 e. The van der Waals surface area contributed by atoms with E-state index in [4.69, 9.17) is 0 Å². The van der Waals surface area contributed by atoms with Crippen molar-refractivity contribution in [2.24, 2.45) is 0 Å². The van der Waals surface area contributed by atoms with Gasteiger partial charge in [0.05, 0.1) is 0 Å². The number of hydrogen-bond acceptors (Lipinski definition) is 1. The summed E-state index contributed by atoms with van der Waals surface area (Å²) >= 11 is 5.46. The first kappa shape index (κ1) is 13.9. The standard InChI is InChI=1S/C16H9BrFIO/c17-11-7-14-13(15(18)8-11)6-10(16(14)20)5-9-1-3-12(19)4-2-9/h1-5,7-8H,6H2/b10-5+. The Balaban J connectivity index is 2.01. The van der Waals surface area contributed by atoms with Gasteiger partial charge >= 0.3 is 0 Å². The molecule has 1 nitrogen and oxygen atoms in total. The second-order valence-corrected chi connectivity index (χ2v) is 6.80. The lowest BCUT2D eigenvalue weighted by molar-refractivity contribution is 0.104. The molecule has 100 valence electrons. The molecule has 0 atom stereocenters. The maximum absolute atomic E-state index is 13.9. The van der Waals surface area contributed by atoms with Crippen LogP contribution in [0.2, 0.25) is 0 Å². The zero-order valence-corrected chi connectivity index (χ0v) is 14.0. The predicted octanol–water partition coefficient (Wildman–Crippen LogP) is 5.02. The van der Waals surface area contributed by atoms with Crippen molar-refractivity contribution in [1.29, 1.82) is 0 Å². The number of rotatable bonds is 1. The van der Waals surface area contributed by atoms with Crippen LogP contribution in [-0.2, 0) is 6.42 Å². The van der Waals surface area contributed by atoms with E-state index in [1.165, 1.54) is 6.07 Å². The van der Waals surface area contributed by atoms with Gasteiger partial charge in [-0.15, -0.1) is 0 Å². The fraction of sp³-hybridized carbons (Fsp3) is 0.0625. The first-order valence-electron chi connectivity index (χ1n) is 6.03. The molecule has 2 aromatic rings. The molecule has 0 aromatic heterocycles. The molecule has 0 bridgehead atoms. The Bertz CT molecular complexity index is 735. The third-order valence-electron chi connectivity index (χ3n) is 3.27. The van der Waals surface area contributed by atoms with Crippen molar-refractivity contribution in [3.8, 4) is 0 Å². The maximum atomic E-state index is 13.9. The van der Waals surface area contributed by atoms with Gasteiger partial charge in [0.2, 0.25) is 0 Å². The Hall–Kier alpha value is -1.01. The molecule has 3 rings (SSSR count). The molecule has 0 unspecified atom stereocenters. The molecule has 0 aliphatic heterocycles. The number of carbonyl (C=O) groups is 1. The highest BCUT2D eigenvalue weighted by molar-refractivity contribution is 14.1. The van der Waals surface area contributed by atoms with E-state index in [2.05, 4.69) is 38.5 Å². The van der Waals surface area contributed by atoms with E-state index < -0.39 is 0 Å². The minimum Gasteiger partial charge on any atom is -0.289 e. The van der Waals surface area contributed by atoms with Crippen LogP contribution in [-0.4, -0.2) is 5.78 Å². The van der Waals surface area contributed by atoms with E-state index in [0.717, 1.165) is 9.13 Å². The number of carbonyl (C=O) groups excluding carboxylic acids is 1. The van der Waals surface area contributed by atoms with Crippen LogP contribution in [0.15, 0.2) is 46.4 Å². The van der Waals surface area contributed by atoms with Gasteiger partial charge in [0.25, 0.3) is 0 Å².